The van der Waals surface area contributed by atoms with Crippen LogP contribution in [0.25, 0.3) is 0 Å². The lowest BCUT2D eigenvalue weighted by molar-refractivity contribution is 0.414. The van der Waals surface area contributed by atoms with Crippen LogP contribution in [0.15, 0.2) is 84.9 Å². The standard InChI is InChI=1S/C23H21NO/c1-3-22(24)23(18-10-6-4-7-11-18,19-12-8-5-9-13-19)20-14-16-21(25-2)17-15-20/h1,4-17,22H,24H2,2H3. The first-order valence-electron chi connectivity index (χ1n) is 8.20. The summed E-state index contributed by atoms with van der Waals surface area (Å²) >= 11 is 0. The van der Waals surface area contributed by atoms with Crippen LogP contribution in [-0.2, 0) is 5.41 Å². The number of nitrogens with two attached hydrogens (primary N) is 1. The van der Waals surface area contributed by atoms with Crippen LogP contribution in [0.3, 0.4) is 0 Å². The molecule has 2 heteroatoms. The van der Waals surface area contributed by atoms with E-state index in [-0.39, 0.29) is 0 Å². The van der Waals surface area contributed by atoms with E-state index in [9.17, 15) is 0 Å². The van der Waals surface area contributed by atoms with Crippen LogP contribution >= 0.6 is 0 Å². The van der Waals surface area contributed by atoms with E-state index < -0.39 is 11.5 Å². The summed E-state index contributed by atoms with van der Waals surface area (Å²) in [6, 6.07) is 27.8. The maximum atomic E-state index is 6.55. The van der Waals surface area contributed by atoms with Gasteiger partial charge in [0.25, 0.3) is 0 Å². The Balaban J connectivity index is 2.34. The molecular formula is C23H21NO. The Morgan fingerprint density at radius 3 is 1.64 bits per heavy atom. The van der Waals surface area contributed by atoms with E-state index in [1.165, 1.54) is 0 Å². The molecule has 2 nitrogen and oxygen atoms in total. The Morgan fingerprint density at radius 1 is 0.800 bits per heavy atom. The zero-order valence-electron chi connectivity index (χ0n) is 14.2. The van der Waals surface area contributed by atoms with Gasteiger partial charge in [-0.1, -0.05) is 78.7 Å². The fourth-order valence-corrected chi connectivity index (χ4v) is 3.42. The van der Waals surface area contributed by atoms with Gasteiger partial charge in [-0.15, -0.1) is 6.42 Å². The van der Waals surface area contributed by atoms with Gasteiger partial charge in [0.2, 0.25) is 0 Å². The number of rotatable bonds is 5. The van der Waals surface area contributed by atoms with Crippen molar-refractivity contribution in [1.29, 1.82) is 0 Å². The third kappa shape index (κ3) is 2.91. The molecule has 124 valence electrons. The Morgan fingerprint density at radius 2 is 1.24 bits per heavy atom. The van der Waals surface area contributed by atoms with Crippen LogP contribution in [-0.4, -0.2) is 13.2 Å². The molecule has 2 N–H and O–H groups in total. The third-order valence-electron chi connectivity index (χ3n) is 4.65. The molecule has 1 unspecified atom stereocenters. The van der Waals surface area contributed by atoms with Crippen LogP contribution in [0.1, 0.15) is 16.7 Å². The van der Waals surface area contributed by atoms with Gasteiger partial charge >= 0.3 is 0 Å². The second-order valence-electron chi connectivity index (χ2n) is 5.91. The molecule has 0 bridgehead atoms. The second kappa shape index (κ2) is 7.25. The lowest BCUT2D eigenvalue weighted by Crippen LogP contribution is -2.46. The molecule has 0 spiro atoms. The minimum Gasteiger partial charge on any atom is -0.497 e. The Hall–Kier alpha value is -3.02. The molecule has 0 saturated carbocycles. The lowest BCUT2D eigenvalue weighted by Gasteiger charge is -2.38. The van der Waals surface area contributed by atoms with Crippen molar-refractivity contribution in [2.75, 3.05) is 7.11 Å². The summed E-state index contributed by atoms with van der Waals surface area (Å²) in [4.78, 5) is 0. The minimum absolute atomic E-state index is 0.523. The summed E-state index contributed by atoms with van der Waals surface area (Å²) in [7, 11) is 1.66. The fraction of sp³-hybridized carbons (Fsp3) is 0.130. The third-order valence-corrected chi connectivity index (χ3v) is 4.65. The summed E-state index contributed by atoms with van der Waals surface area (Å²) in [5.74, 6) is 3.58. The predicted molar refractivity (Wildman–Crippen MR) is 103 cm³/mol. The molecule has 3 aromatic carbocycles. The number of benzene rings is 3. The molecule has 1 atom stereocenters. The van der Waals surface area contributed by atoms with E-state index >= 15 is 0 Å². The van der Waals surface area contributed by atoms with E-state index in [4.69, 9.17) is 16.9 Å². The van der Waals surface area contributed by atoms with Crippen molar-refractivity contribution in [2.45, 2.75) is 11.5 Å². The van der Waals surface area contributed by atoms with Crippen molar-refractivity contribution >= 4 is 0 Å². The van der Waals surface area contributed by atoms with Crippen molar-refractivity contribution in [3.05, 3.63) is 102 Å². The second-order valence-corrected chi connectivity index (χ2v) is 5.91. The monoisotopic (exact) mass is 327 g/mol. The molecule has 0 aliphatic heterocycles. The van der Waals surface area contributed by atoms with Gasteiger partial charge in [0, 0.05) is 0 Å². The van der Waals surface area contributed by atoms with Crippen LogP contribution in [0.5, 0.6) is 5.75 Å². The molecule has 0 fully saturated rings. The zero-order valence-corrected chi connectivity index (χ0v) is 14.2. The van der Waals surface area contributed by atoms with Gasteiger partial charge in [-0.25, -0.2) is 0 Å². The topological polar surface area (TPSA) is 35.2 Å². The number of ether oxygens (including phenoxy) is 1. The summed E-state index contributed by atoms with van der Waals surface area (Å²) < 4.78 is 5.31. The summed E-state index contributed by atoms with van der Waals surface area (Å²) in [6.07, 6.45) is 5.83. The van der Waals surface area contributed by atoms with E-state index in [1.807, 2.05) is 60.7 Å². The van der Waals surface area contributed by atoms with Crippen LogP contribution < -0.4 is 10.5 Å². The Labute approximate surface area is 149 Å². The normalized spacial score (nSPS) is 12.2. The largest absolute Gasteiger partial charge is 0.497 e. The minimum atomic E-state index is -0.635. The molecule has 3 aromatic rings. The van der Waals surface area contributed by atoms with E-state index in [0.29, 0.717) is 0 Å². The molecule has 0 heterocycles. The molecule has 0 amide bonds. The van der Waals surface area contributed by atoms with Crippen LogP contribution in [0.2, 0.25) is 0 Å². The SMILES string of the molecule is C#CC(N)C(c1ccccc1)(c1ccccc1)c1ccc(OC)cc1. The lowest BCUT2D eigenvalue weighted by atomic mass is 9.65. The van der Waals surface area contributed by atoms with Gasteiger partial charge in [0.15, 0.2) is 0 Å². The highest BCUT2D eigenvalue weighted by molar-refractivity contribution is 5.55. The highest BCUT2D eigenvalue weighted by Crippen LogP contribution is 2.41. The fourth-order valence-electron chi connectivity index (χ4n) is 3.42. The predicted octanol–water partition coefficient (Wildman–Crippen LogP) is 3.99. The van der Waals surface area contributed by atoms with E-state index in [2.05, 4.69) is 30.2 Å². The van der Waals surface area contributed by atoms with Crippen molar-refractivity contribution in [2.24, 2.45) is 5.73 Å². The number of methoxy groups -OCH3 is 1. The highest BCUT2D eigenvalue weighted by Gasteiger charge is 2.41. The first-order chi connectivity index (χ1) is 12.2. The number of terminal acetylenes is 1. The summed E-state index contributed by atoms with van der Waals surface area (Å²) in [6.45, 7) is 0. The molecular weight excluding hydrogens is 306 g/mol. The first kappa shape index (κ1) is 16.8. The molecule has 0 radical (unpaired) electrons. The molecule has 25 heavy (non-hydrogen) atoms. The molecule has 3 rings (SSSR count). The maximum absolute atomic E-state index is 6.55. The van der Waals surface area contributed by atoms with Crippen molar-refractivity contribution in [3.63, 3.8) is 0 Å². The molecule has 0 aliphatic carbocycles. The first-order valence-corrected chi connectivity index (χ1v) is 8.20. The van der Waals surface area contributed by atoms with Gasteiger partial charge in [-0.05, 0) is 28.8 Å². The highest BCUT2D eigenvalue weighted by atomic mass is 16.5. The molecule has 0 aliphatic rings. The Kier molecular flexibility index (Phi) is 4.88. The van der Waals surface area contributed by atoms with Crippen molar-refractivity contribution < 1.29 is 4.74 Å². The van der Waals surface area contributed by atoms with Gasteiger partial charge in [0.05, 0.1) is 18.6 Å². The molecule has 0 saturated heterocycles. The smallest absolute Gasteiger partial charge is 0.118 e. The van der Waals surface area contributed by atoms with Gasteiger partial charge in [-0.2, -0.15) is 0 Å². The van der Waals surface area contributed by atoms with E-state index in [1.54, 1.807) is 7.11 Å². The van der Waals surface area contributed by atoms with Gasteiger partial charge in [-0.3, -0.25) is 0 Å². The maximum Gasteiger partial charge on any atom is 0.118 e. The summed E-state index contributed by atoms with van der Waals surface area (Å²) in [5, 5.41) is 0. The zero-order chi connectivity index (χ0) is 17.7. The quantitative estimate of drug-likeness (QED) is 0.568. The summed E-state index contributed by atoms with van der Waals surface area (Å²) in [5.41, 5.74) is 9.09. The number of hydrogen-bond acceptors (Lipinski definition) is 2. The average Bonchev–Trinajstić information content (AvgIpc) is 2.70. The van der Waals surface area contributed by atoms with Gasteiger partial charge in [0.1, 0.15) is 5.75 Å². The Bertz CT molecular complexity index is 809. The van der Waals surface area contributed by atoms with Crippen LogP contribution in [0.4, 0.5) is 0 Å². The average molecular weight is 327 g/mol. The van der Waals surface area contributed by atoms with Crippen LogP contribution in [0, 0.1) is 12.3 Å². The van der Waals surface area contributed by atoms with E-state index in [0.717, 1.165) is 22.4 Å². The van der Waals surface area contributed by atoms with Crippen molar-refractivity contribution in [3.8, 4) is 18.1 Å². The number of hydrogen-bond donors (Lipinski definition) is 1. The van der Waals surface area contributed by atoms with Crippen molar-refractivity contribution in [1.82, 2.24) is 0 Å². The van der Waals surface area contributed by atoms with Gasteiger partial charge < -0.3 is 10.5 Å². The molecule has 0 aromatic heterocycles.